The van der Waals surface area contributed by atoms with Crippen LogP contribution in [0.3, 0.4) is 0 Å². The molecular weight excluding hydrogens is 280 g/mol. The SMILES string of the molecule is Cc1ncccc1Oc1ccc(CN)c(Br)c1. The quantitative estimate of drug-likeness (QED) is 0.943. The Labute approximate surface area is 109 Å². The Kier molecular flexibility index (Phi) is 3.76. The molecular formula is C13H13BrN2O. The molecule has 2 N–H and O–H groups in total. The zero-order chi connectivity index (χ0) is 12.3. The summed E-state index contributed by atoms with van der Waals surface area (Å²) in [5.74, 6) is 1.53. The first-order valence-electron chi connectivity index (χ1n) is 5.28. The molecule has 0 aliphatic heterocycles. The maximum absolute atomic E-state index is 5.76. The number of hydrogen-bond donors (Lipinski definition) is 1. The molecule has 0 unspecified atom stereocenters. The van der Waals surface area contributed by atoms with Gasteiger partial charge in [0.25, 0.3) is 0 Å². The predicted molar refractivity (Wildman–Crippen MR) is 71.1 cm³/mol. The van der Waals surface area contributed by atoms with Crippen molar-refractivity contribution in [1.82, 2.24) is 4.98 Å². The van der Waals surface area contributed by atoms with Crippen molar-refractivity contribution in [2.24, 2.45) is 5.73 Å². The molecule has 0 spiro atoms. The van der Waals surface area contributed by atoms with Crippen molar-refractivity contribution in [1.29, 1.82) is 0 Å². The predicted octanol–water partition coefficient (Wildman–Crippen LogP) is 3.40. The zero-order valence-electron chi connectivity index (χ0n) is 9.48. The van der Waals surface area contributed by atoms with Crippen LogP contribution in [0.4, 0.5) is 0 Å². The maximum Gasteiger partial charge on any atom is 0.148 e. The lowest BCUT2D eigenvalue weighted by Gasteiger charge is -2.09. The largest absolute Gasteiger partial charge is 0.455 e. The zero-order valence-corrected chi connectivity index (χ0v) is 11.1. The van der Waals surface area contributed by atoms with Gasteiger partial charge in [-0.2, -0.15) is 0 Å². The summed E-state index contributed by atoms with van der Waals surface area (Å²) < 4.78 is 6.71. The van der Waals surface area contributed by atoms with Gasteiger partial charge in [0.05, 0.1) is 5.69 Å². The topological polar surface area (TPSA) is 48.1 Å². The van der Waals surface area contributed by atoms with Crippen molar-refractivity contribution in [2.45, 2.75) is 13.5 Å². The number of nitrogens with zero attached hydrogens (tertiary/aromatic N) is 1. The number of ether oxygens (including phenoxy) is 1. The van der Waals surface area contributed by atoms with Gasteiger partial charge in [0.1, 0.15) is 11.5 Å². The van der Waals surface area contributed by atoms with Gasteiger partial charge >= 0.3 is 0 Å². The first-order chi connectivity index (χ1) is 8.20. The highest BCUT2D eigenvalue weighted by molar-refractivity contribution is 9.10. The van der Waals surface area contributed by atoms with Crippen molar-refractivity contribution in [3.63, 3.8) is 0 Å². The summed E-state index contributed by atoms with van der Waals surface area (Å²) in [6.07, 6.45) is 1.75. The number of benzene rings is 1. The van der Waals surface area contributed by atoms with Crippen molar-refractivity contribution in [3.05, 3.63) is 52.3 Å². The molecule has 1 heterocycles. The third-order valence-electron chi connectivity index (χ3n) is 2.43. The smallest absolute Gasteiger partial charge is 0.148 e. The van der Waals surface area contributed by atoms with Crippen LogP contribution in [0.2, 0.25) is 0 Å². The Morgan fingerprint density at radius 1 is 1.35 bits per heavy atom. The minimum atomic E-state index is 0.507. The van der Waals surface area contributed by atoms with Gasteiger partial charge in [0.2, 0.25) is 0 Å². The average molecular weight is 293 g/mol. The molecule has 1 aromatic carbocycles. The van der Waals surface area contributed by atoms with Gasteiger partial charge < -0.3 is 10.5 Å². The normalized spacial score (nSPS) is 10.3. The molecule has 0 radical (unpaired) electrons. The van der Waals surface area contributed by atoms with E-state index in [0.29, 0.717) is 6.54 Å². The Bertz CT molecular complexity index is 529. The van der Waals surface area contributed by atoms with Gasteiger partial charge in [-0.1, -0.05) is 22.0 Å². The van der Waals surface area contributed by atoms with E-state index >= 15 is 0 Å². The fourth-order valence-electron chi connectivity index (χ4n) is 1.46. The molecule has 0 amide bonds. The Morgan fingerprint density at radius 2 is 2.18 bits per heavy atom. The van der Waals surface area contributed by atoms with E-state index in [4.69, 9.17) is 10.5 Å². The second-order valence-electron chi connectivity index (χ2n) is 3.65. The van der Waals surface area contributed by atoms with Crippen molar-refractivity contribution < 1.29 is 4.74 Å². The molecule has 0 aliphatic carbocycles. The van der Waals surface area contributed by atoms with Crippen molar-refractivity contribution in [3.8, 4) is 11.5 Å². The Morgan fingerprint density at radius 3 is 2.82 bits per heavy atom. The van der Waals surface area contributed by atoms with E-state index in [2.05, 4.69) is 20.9 Å². The molecule has 88 valence electrons. The molecule has 0 bridgehead atoms. The first-order valence-corrected chi connectivity index (χ1v) is 6.08. The van der Waals surface area contributed by atoms with E-state index in [1.165, 1.54) is 0 Å². The average Bonchev–Trinajstić information content (AvgIpc) is 2.32. The number of rotatable bonds is 3. The van der Waals surface area contributed by atoms with Crippen LogP contribution in [0.15, 0.2) is 41.0 Å². The number of pyridine rings is 1. The number of nitrogens with two attached hydrogens (primary N) is 1. The molecule has 2 aromatic rings. The van der Waals surface area contributed by atoms with E-state index in [9.17, 15) is 0 Å². The highest BCUT2D eigenvalue weighted by Gasteiger charge is 2.04. The highest BCUT2D eigenvalue weighted by atomic mass is 79.9. The van der Waals surface area contributed by atoms with Gasteiger partial charge in [0.15, 0.2) is 0 Å². The van der Waals surface area contributed by atoms with Crippen LogP contribution in [0.1, 0.15) is 11.3 Å². The van der Waals surface area contributed by atoms with E-state index in [1.807, 2.05) is 37.3 Å². The first kappa shape index (κ1) is 12.1. The standard InChI is InChI=1S/C13H13BrN2O/c1-9-13(3-2-6-16-9)17-11-5-4-10(8-15)12(14)7-11/h2-7H,8,15H2,1H3. The van der Waals surface area contributed by atoms with Crippen LogP contribution in [0.5, 0.6) is 11.5 Å². The molecule has 0 atom stereocenters. The summed E-state index contributed by atoms with van der Waals surface area (Å²) in [7, 11) is 0. The summed E-state index contributed by atoms with van der Waals surface area (Å²) in [6, 6.07) is 9.51. The molecule has 0 aliphatic rings. The lowest BCUT2D eigenvalue weighted by Crippen LogP contribution is -1.97. The minimum absolute atomic E-state index is 0.507. The summed E-state index contributed by atoms with van der Waals surface area (Å²) in [5.41, 5.74) is 7.52. The van der Waals surface area contributed by atoms with E-state index in [0.717, 1.165) is 27.2 Å². The molecule has 17 heavy (non-hydrogen) atoms. The maximum atomic E-state index is 5.76. The Hall–Kier alpha value is -1.39. The van der Waals surface area contributed by atoms with Gasteiger partial charge in [-0.25, -0.2) is 0 Å². The Balaban J connectivity index is 2.25. The molecule has 4 heteroatoms. The number of hydrogen-bond acceptors (Lipinski definition) is 3. The lowest BCUT2D eigenvalue weighted by molar-refractivity contribution is 0.475. The second-order valence-corrected chi connectivity index (χ2v) is 4.50. The van der Waals surface area contributed by atoms with Gasteiger partial charge in [-0.15, -0.1) is 0 Å². The van der Waals surface area contributed by atoms with E-state index < -0.39 is 0 Å². The minimum Gasteiger partial charge on any atom is -0.455 e. The van der Waals surface area contributed by atoms with Gasteiger partial charge in [-0.05, 0) is 36.8 Å². The lowest BCUT2D eigenvalue weighted by atomic mass is 10.2. The van der Waals surface area contributed by atoms with Gasteiger partial charge in [-0.3, -0.25) is 4.98 Å². The number of aromatic nitrogens is 1. The molecule has 3 nitrogen and oxygen atoms in total. The molecule has 0 saturated heterocycles. The highest BCUT2D eigenvalue weighted by Crippen LogP contribution is 2.27. The van der Waals surface area contributed by atoms with Crippen LogP contribution >= 0.6 is 15.9 Å². The summed E-state index contributed by atoms with van der Waals surface area (Å²) in [4.78, 5) is 4.17. The van der Waals surface area contributed by atoms with E-state index in [1.54, 1.807) is 6.20 Å². The van der Waals surface area contributed by atoms with E-state index in [-0.39, 0.29) is 0 Å². The van der Waals surface area contributed by atoms with Crippen LogP contribution in [-0.2, 0) is 6.54 Å². The molecule has 1 aromatic heterocycles. The van der Waals surface area contributed by atoms with Crippen LogP contribution < -0.4 is 10.5 Å². The summed E-state index contributed by atoms with van der Waals surface area (Å²) in [5, 5.41) is 0. The monoisotopic (exact) mass is 292 g/mol. The second kappa shape index (κ2) is 5.29. The van der Waals surface area contributed by atoms with Gasteiger partial charge in [0, 0.05) is 17.2 Å². The summed E-state index contributed by atoms with van der Waals surface area (Å²) >= 11 is 3.46. The van der Waals surface area contributed by atoms with Crippen molar-refractivity contribution in [2.75, 3.05) is 0 Å². The summed E-state index contributed by atoms with van der Waals surface area (Å²) in [6.45, 7) is 2.42. The molecule has 0 saturated carbocycles. The van der Waals surface area contributed by atoms with Crippen LogP contribution in [0, 0.1) is 6.92 Å². The van der Waals surface area contributed by atoms with Crippen LogP contribution in [0.25, 0.3) is 0 Å². The molecule has 2 rings (SSSR count). The fraction of sp³-hybridized carbons (Fsp3) is 0.154. The third kappa shape index (κ3) is 2.84. The van der Waals surface area contributed by atoms with Crippen LogP contribution in [-0.4, -0.2) is 4.98 Å². The molecule has 0 fully saturated rings. The number of aryl methyl sites for hydroxylation is 1. The third-order valence-corrected chi connectivity index (χ3v) is 3.17. The van der Waals surface area contributed by atoms with Crippen molar-refractivity contribution >= 4 is 15.9 Å². The fourth-order valence-corrected chi connectivity index (χ4v) is 1.98. The number of halogens is 1.